The van der Waals surface area contributed by atoms with Crippen LogP contribution in [0.3, 0.4) is 0 Å². The second-order valence-electron chi connectivity index (χ2n) is 4.42. The molecule has 2 rings (SSSR count). The molecule has 0 fully saturated rings. The van der Waals surface area contributed by atoms with Crippen LogP contribution in [-0.4, -0.2) is 5.11 Å². The normalized spacial score (nSPS) is 12.5. The summed E-state index contributed by atoms with van der Waals surface area (Å²) in [7, 11) is 0. The molecule has 1 unspecified atom stereocenters. The van der Waals surface area contributed by atoms with E-state index in [2.05, 4.69) is 15.9 Å². The van der Waals surface area contributed by atoms with Crippen molar-refractivity contribution < 1.29 is 9.50 Å². The van der Waals surface area contributed by atoms with Gasteiger partial charge >= 0.3 is 0 Å². The maximum Gasteiger partial charge on any atom is 0.129 e. The third kappa shape index (κ3) is 2.62. The fourth-order valence-electron chi connectivity index (χ4n) is 1.97. The minimum Gasteiger partial charge on any atom is -0.384 e. The molecule has 1 nitrogen and oxygen atoms in total. The van der Waals surface area contributed by atoms with Crippen molar-refractivity contribution in [3.8, 4) is 0 Å². The van der Waals surface area contributed by atoms with E-state index in [4.69, 9.17) is 0 Å². The molecule has 94 valence electrons. The van der Waals surface area contributed by atoms with Gasteiger partial charge in [-0.2, -0.15) is 0 Å². The third-order valence-corrected chi connectivity index (χ3v) is 3.49. The summed E-state index contributed by atoms with van der Waals surface area (Å²) >= 11 is 3.35. The van der Waals surface area contributed by atoms with Crippen molar-refractivity contribution in [3.05, 3.63) is 68.9 Å². The number of aliphatic hydroxyl groups is 1. The van der Waals surface area contributed by atoms with Gasteiger partial charge in [0.05, 0.1) is 0 Å². The summed E-state index contributed by atoms with van der Waals surface area (Å²) in [6.45, 7) is 3.42. The molecule has 18 heavy (non-hydrogen) atoms. The van der Waals surface area contributed by atoms with Gasteiger partial charge < -0.3 is 5.11 Å². The Morgan fingerprint density at radius 1 is 1.00 bits per heavy atom. The van der Waals surface area contributed by atoms with Crippen LogP contribution in [0, 0.1) is 19.7 Å². The number of aliphatic hydroxyl groups excluding tert-OH is 1. The van der Waals surface area contributed by atoms with E-state index in [0.717, 1.165) is 10.0 Å². The zero-order valence-corrected chi connectivity index (χ0v) is 11.8. The molecule has 0 saturated heterocycles. The molecule has 0 aliphatic rings. The van der Waals surface area contributed by atoms with Crippen molar-refractivity contribution in [2.75, 3.05) is 0 Å². The molecular weight excluding hydrogens is 295 g/mol. The Hall–Kier alpha value is -1.19. The van der Waals surface area contributed by atoms with Crippen LogP contribution in [0.1, 0.15) is 28.4 Å². The molecule has 0 bridgehead atoms. The first-order chi connectivity index (χ1) is 8.49. The Balaban J connectivity index is 2.39. The van der Waals surface area contributed by atoms with Gasteiger partial charge in [-0.25, -0.2) is 4.39 Å². The van der Waals surface area contributed by atoms with E-state index in [1.54, 1.807) is 26.0 Å². The van der Waals surface area contributed by atoms with Crippen LogP contribution in [0.5, 0.6) is 0 Å². The second-order valence-corrected chi connectivity index (χ2v) is 5.34. The minimum absolute atomic E-state index is 0.207. The van der Waals surface area contributed by atoms with E-state index in [9.17, 15) is 9.50 Å². The molecule has 0 saturated carbocycles. The minimum atomic E-state index is -0.726. The molecule has 0 aliphatic carbocycles. The van der Waals surface area contributed by atoms with Crippen molar-refractivity contribution in [2.24, 2.45) is 0 Å². The highest BCUT2D eigenvalue weighted by Gasteiger charge is 2.13. The summed E-state index contributed by atoms with van der Waals surface area (Å²) in [6, 6.07) is 10.8. The van der Waals surface area contributed by atoms with Crippen LogP contribution < -0.4 is 0 Å². The molecule has 1 atom stereocenters. The first-order valence-corrected chi connectivity index (χ1v) is 6.48. The van der Waals surface area contributed by atoms with Gasteiger partial charge in [0.1, 0.15) is 11.9 Å². The Morgan fingerprint density at radius 2 is 1.50 bits per heavy atom. The van der Waals surface area contributed by atoms with Crippen LogP contribution in [-0.2, 0) is 0 Å². The maximum atomic E-state index is 13.5. The quantitative estimate of drug-likeness (QED) is 0.877. The van der Waals surface area contributed by atoms with Crippen LogP contribution in [0.15, 0.2) is 40.9 Å². The van der Waals surface area contributed by atoms with Crippen molar-refractivity contribution in [3.63, 3.8) is 0 Å². The van der Waals surface area contributed by atoms with Gasteiger partial charge in [-0.1, -0.05) is 40.2 Å². The first-order valence-electron chi connectivity index (χ1n) is 5.69. The number of rotatable bonds is 2. The van der Waals surface area contributed by atoms with Crippen LogP contribution in [0.25, 0.3) is 0 Å². The fourth-order valence-corrected chi connectivity index (χ4v) is 2.24. The maximum absolute atomic E-state index is 13.5. The van der Waals surface area contributed by atoms with Crippen molar-refractivity contribution >= 4 is 15.9 Å². The Labute approximate surface area is 114 Å². The van der Waals surface area contributed by atoms with Gasteiger partial charge in [0, 0.05) is 4.47 Å². The predicted octanol–water partition coefficient (Wildman–Crippen LogP) is 4.29. The number of benzene rings is 2. The van der Waals surface area contributed by atoms with Gasteiger partial charge in [-0.3, -0.25) is 0 Å². The highest BCUT2D eigenvalue weighted by molar-refractivity contribution is 9.10. The zero-order chi connectivity index (χ0) is 13.3. The van der Waals surface area contributed by atoms with Crippen molar-refractivity contribution in [2.45, 2.75) is 20.0 Å². The SMILES string of the molecule is Cc1cc(C(O)c2ccc(Br)cc2)cc(C)c1F. The largest absolute Gasteiger partial charge is 0.384 e. The summed E-state index contributed by atoms with van der Waals surface area (Å²) < 4.78 is 14.5. The number of halogens is 2. The lowest BCUT2D eigenvalue weighted by Gasteiger charge is -2.14. The molecule has 2 aromatic carbocycles. The third-order valence-electron chi connectivity index (χ3n) is 2.96. The highest BCUT2D eigenvalue weighted by atomic mass is 79.9. The number of aryl methyl sites for hydroxylation is 2. The molecule has 3 heteroatoms. The predicted molar refractivity (Wildman–Crippen MR) is 74.1 cm³/mol. The lowest BCUT2D eigenvalue weighted by atomic mass is 9.97. The van der Waals surface area contributed by atoms with Gasteiger partial charge in [0.15, 0.2) is 0 Å². The molecular formula is C15H14BrFO. The summed E-state index contributed by atoms with van der Waals surface area (Å²) in [5.74, 6) is -0.207. The Bertz CT molecular complexity index is 540. The van der Waals surface area contributed by atoms with Crippen molar-refractivity contribution in [1.29, 1.82) is 0 Å². The smallest absolute Gasteiger partial charge is 0.129 e. The van der Waals surface area contributed by atoms with Gasteiger partial charge in [-0.05, 0) is 48.2 Å². The number of hydrogen-bond acceptors (Lipinski definition) is 1. The van der Waals surface area contributed by atoms with E-state index in [1.165, 1.54) is 0 Å². The van der Waals surface area contributed by atoms with E-state index in [1.807, 2.05) is 24.3 Å². The Morgan fingerprint density at radius 3 is 2.00 bits per heavy atom. The summed E-state index contributed by atoms with van der Waals surface area (Å²) in [6.07, 6.45) is -0.726. The topological polar surface area (TPSA) is 20.2 Å². The summed E-state index contributed by atoms with van der Waals surface area (Å²) in [5.41, 5.74) is 2.62. The first kappa shape index (κ1) is 13.2. The van der Waals surface area contributed by atoms with Crippen LogP contribution in [0.4, 0.5) is 4.39 Å². The molecule has 0 heterocycles. The van der Waals surface area contributed by atoms with E-state index in [0.29, 0.717) is 16.7 Å². The summed E-state index contributed by atoms with van der Waals surface area (Å²) in [5, 5.41) is 10.3. The molecule has 1 N–H and O–H groups in total. The van der Waals surface area contributed by atoms with E-state index in [-0.39, 0.29) is 5.82 Å². The van der Waals surface area contributed by atoms with E-state index >= 15 is 0 Å². The van der Waals surface area contributed by atoms with E-state index < -0.39 is 6.10 Å². The lowest BCUT2D eigenvalue weighted by Crippen LogP contribution is -2.02. The highest BCUT2D eigenvalue weighted by Crippen LogP contribution is 2.26. The second kappa shape index (κ2) is 5.21. The summed E-state index contributed by atoms with van der Waals surface area (Å²) in [4.78, 5) is 0. The fraction of sp³-hybridized carbons (Fsp3) is 0.200. The molecule has 2 aromatic rings. The Kier molecular flexibility index (Phi) is 3.83. The average molecular weight is 309 g/mol. The monoisotopic (exact) mass is 308 g/mol. The molecule has 0 aliphatic heterocycles. The lowest BCUT2D eigenvalue weighted by molar-refractivity contribution is 0.220. The molecule has 0 aromatic heterocycles. The molecule has 0 spiro atoms. The average Bonchev–Trinajstić information content (AvgIpc) is 2.35. The zero-order valence-electron chi connectivity index (χ0n) is 10.2. The van der Waals surface area contributed by atoms with Crippen LogP contribution in [0.2, 0.25) is 0 Å². The number of hydrogen-bond donors (Lipinski definition) is 1. The van der Waals surface area contributed by atoms with Gasteiger partial charge in [-0.15, -0.1) is 0 Å². The van der Waals surface area contributed by atoms with Gasteiger partial charge in [0.25, 0.3) is 0 Å². The van der Waals surface area contributed by atoms with Gasteiger partial charge in [0.2, 0.25) is 0 Å². The standard InChI is InChI=1S/C15H14BrFO/c1-9-7-12(8-10(2)14(9)17)15(18)11-3-5-13(16)6-4-11/h3-8,15,18H,1-2H3. The molecule has 0 radical (unpaired) electrons. The van der Waals surface area contributed by atoms with Crippen molar-refractivity contribution in [1.82, 2.24) is 0 Å². The molecule has 0 amide bonds. The van der Waals surface area contributed by atoms with Crippen LogP contribution >= 0.6 is 15.9 Å².